The van der Waals surface area contributed by atoms with E-state index < -0.39 is 23.6 Å². The molecule has 1 atom stereocenters. The lowest BCUT2D eigenvalue weighted by Gasteiger charge is -2.17. The van der Waals surface area contributed by atoms with Crippen LogP contribution in [0.4, 0.5) is 8.78 Å². The molecule has 3 rings (SSSR count). The van der Waals surface area contributed by atoms with E-state index in [0.717, 1.165) is 16.8 Å². The number of fused-ring (bicyclic) bond motifs is 1. The van der Waals surface area contributed by atoms with E-state index >= 15 is 0 Å². The number of hydrogen-bond acceptors (Lipinski definition) is 4. The van der Waals surface area contributed by atoms with Crippen LogP contribution in [0.3, 0.4) is 0 Å². The number of carboxylic acids is 1. The number of aromatic nitrogens is 2. The summed E-state index contributed by atoms with van der Waals surface area (Å²) in [5, 5.41) is 14.3. The zero-order valence-corrected chi connectivity index (χ0v) is 15.0. The first-order chi connectivity index (χ1) is 12.4. The molecular weight excluding hydrogens is 414 g/mol. The molecule has 1 aromatic heterocycles. The van der Waals surface area contributed by atoms with Crippen molar-refractivity contribution < 1.29 is 28.2 Å². The van der Waals surface area contributed by atoms with Crippen LogP contribution in [0.1, 0.15) is 11.6 Å². The molecule has 1 N–H and O–H groups in total. The fourth-order valence-electron chi connectivity index (χ4n) is 2.55. The quantitative estimate of drug-likeness (QED) is 0.607. The van der Waals surface area contributed by atoms with Gasteiger partial charge < -0.3 is 14.6 Å². The van der Waals surface area contributed by atoms with Crippen molar-refractivity contribution >= 4 is 32.8 Å². The number of rotatable bonds is 6. The molecule has 0 amide bonds. The fourth-order valence-corrected chi connectivity index (χ4v) is 2.88. The molecule has 0 radical (unpaired) electrons. The van der Waals surface area contributed by atoms with Crippen LogP contribution < -0.4 is 4.74 Å². The second-order valence-corrected chi connectivity index (χ2v) is 6.26. The van der Waals surface area contributed by atoms with Crippen molar-refractivity contribution in [2.45, 2.75) is 6.04 Å². The first-order valence-electron chi connectivity index (χ1n) is 7.38. The molecular formula is C17H13BrF2N2O4. The maximum Gasteiger partial charge on any atom is 0.333 e. The van der Waals surface area contributed by atoms with Crippen molar-refractivity contribution in [2.24, 2.45) is 0 Å². The smallest absolute Gasteiger partial charge is 0.333 e. The zero-order valence-electron chi connectivity index (χ0n) is 13.4. The van der Waals surface area contributed by atoms with Gasteiger partial charge in [0.2, 0.25) is 0 Å². The van der Waals surface area contributed by atoms with E-state index in [9.17, 15) is 18.7 Å². The molecule has 0 saturated carbocycles. The van der Waals surface area contributed by atoms with Gasteiger partial charge >= 0.3 is 5.97 Å². The van der Waals surface area contributed by atoms with Crippen LogP contribution in [0.15, 0.2) is 41.0 Å². The number of ether oxygens (including phenoxy) is 2. The van der Waals surface area contributed by atoms with E-state index in [2.05, 4.69) is 21.0 Å². The van der Waals surface area contributed by atoms with Crippen LogP contribution in [0.5, 0.6) is 5.75 Å². The monoisotopic (exact) mass is 426 g/mol. The molecule has 6 nitrogen and oxygen atoms in total. The summed E-state index contributed by atoms with van der Waals surface area (Å²) in [6.45, 7) is -0.135. The normalized spacial score (nSPS) is 12.3. The highest BCUT2D eigenvalue weighted by Gasteiger charge is 2.27. The third-order valence-electron chi connectivity index (χ3n) is 3.66. The average Bonchev–Trinajstić information content (AvgIpc) is 2.96. The van der Waals surface area contributed by atoms with E-state index in [1.165, 1.54) is 31.5 Å². The number of aliphatic carboxylic acids is 1. The SMILES string of the molecule is COCOc1ccc(F)cc1C(C(=O)O)n1cc2cc(F)c(Br)cc2n1. The molecule has 0 saturated heterocycles. The summed E-state index contributed by atoms with van der Waals surface area (Å²) in [5.74, 6) is -2.25. The molecule has 2 aromatic carbocycles. The standard InChI is InChI=1S/C17H13BrF2N2O4/c1-25-8-26-15-3-2-10(19)5-11(15)16(17(23)24)22-7-9-4-13(20)12(18)6-14(9)21-22/h2-7,16H,8H2,1H3,(H,23,24). The highest BCUT2D eigenvalue weighted by molar-refractivity contribution is 9.10. The molecule has 9 heteroatoms. The number of halogens is 3. The van der Waals surface area contributed by atoms with Gasteiger partial charge in [-0.15, -0.1) is 0 Å². The molecule has 136 valence electrons. The summed E-state index contributed by atoms with van der Waals surface area (Å²) in [5.41, 5.74) is 0.446. The molecule has 0 aliphatic heterocycles. The summed E-state index contributed by atoms with van der Waals surface area (Å²) in [7, 11) is 1.41. The molecule has 1 heterocycles. The van der Waals surface area contributed by atoms with E-state index in [0.29, 0.717) is 10.9 Å². The Bertz CT molecular complexity index is 938. The molecule has 0 spiro atoms. The van der Waals surface area contributed by atoms with Gasteiger partial charge in [0.25, 0.3) is 0 Å². The predicted molar refractivity (Wildman–Crippen MR) is 92.1 cm³/mol. The topological polar surface area (TPSA) is 73.6 Å². The molecule has 1 unspecified atom stereocenters. The molecule has 0 fully saturated rings. The van der Waals surface area contributed by atoms with Gasteiger partial charge in [0.1, 0.15) is 17.4 Å². The van der Waals surface area contributed by atoms with Crippen molar-refractivity contribution in [3.63, 3.8) is 0 Å². The number of benzene rings is 2. The average molecular weight is 427 g/mol. The largest absolute Gasteiger partial charge is 0.479 e. The highest BCUT2D eigenvalue weighted by atomic mass is 79.9. The van der Waals surface area contributed by atoms with Crippen LogP contribution in [0.25, 0.3) is 10.9 Å². The first-order valence-corrected chi connectivity index (χ1v) is 8.18. The third-order valence-corrected chi connectivity index (χ3v) is 4.27. The zero-order chi connectivity index (χ0) is 18.8. The molecule has 0 bridgehead atoms. The van der Waals surface area contributed by atoms with E-state index in [-0.39, 0.29) is 22.6 Å². The number of hydrogen-bond donors (Lipinski definition) is 1. The Morgan fingerprint density at radius 2 is 2.12 bits per heavy atom. The van der Waals surface area contributed by atoms with Crippen molar-refractivity contribution in [1.29, 1.82) is 0 Å². The van der Waals surface area contributed by atoms with Crippen molar-refractivity contribution in [2.75, 3.05) is 13.9 Å². The lowest BCUT2D eigenvalue weighted by Crippen LogP contribution is -2.22. The minimum atomic E-state index is -1.37. The van der Waals surface area contributed by atoms with Gasteiger partial charge in [-0.25, -0.2) is 13.6 Å². The lowest BCUT2D eigenvalue weighted by molar-refractivity contribution is -0.139. The Morgan fingerprint density at radius 3 is 2.81 bits per heavy atom. The summed E-state index contributed by atoms with van der Waals surface area (Å²) in [6, 6.07) is 4.83. The molecule has 0 aliphatic carbocycles. The summed E-state index contributed by atoms with van der Waals surface area (Å²) >= 11 is 3.06. The number of methoxy groups -OCH3 is 1. The first kappa shape index (κ1) is 18.3. The Morgan fingerprint density at radius 1 is 1.35 bits per heavy atom. The number of carbonyl (C=O) groups is 1. The molecule has 0 aliphatic rings. The number of carboxylic acid groups (broad SMARTS) is 1. The van der Waals surface area contributed by atoms with Gasteiger partial charge in [-0.1, -0.05) is 0 Å². The maximum atomic E-state index is 13.8. The van der Waals surface area contributed by atoms with Crippen molar-refractivity contribution in [3.8, 4) is 5.75 Å². The molecule has 3 aromatic rings. The summed E-state index contributed by atoms with van der Waals surface area (Å²) in [6.07, 6.45) is 1.38. The summed E-state index contributed by atoms with van der Waals surface area (Å²) < 4.78 is 39.0. The highest BCUT2D eigenvalue weighted by Crippen LogP contribution is 2.31. The lowest BCUT2D eigenvalue weighted by atomic mass is 10.1. The minimum Gasteiger partial charge on any atom is -0.479 e. The van der Waals surface area contributed by atoms with Crippen LogP contribution in [0.2, 0.25) is 0 Å². The van der Waals surface area contributed by atoms with Gasteiger partial charge in [0.05, 0.1) is 9.99 Å². The van der Waals surface area contributed by atoms with Gasteiger partial charge in [-0.2, -0.15) is 5.10 Å². The van der Waals surface area contributed by atoms with E-state index in [1.54, 1.807) is 0 Å². The van der Waals surface area contributed by atoms with Crippen LogP contribution in [-0.2, 0) is 9.53 Å². The Labute approximate surface area is 155 Å². The predicted octanol–water partition coefficient (Wildman–Crippen LogP) is 3.73. The molecule has 26 heavy (non-hydrogen) atoms. The van der Waals surface area contributed by atoms with Crippen LogP contribution in [-0.4, -0.2) is 34.8 Å². The Kier molecular flexibility index (Phi) is 5.19. The van der Waals surface area contributed by atoms with E-state index in [4.69, 9.17) is 9.47 Å². The number of nitrogens with zero attached hydrogens (tertiary/aromatic N) is 2. The summed E-state index contributed by atoms with van der Waals surface area (Å²) in [4.78, 5) is 11.9. The van der Waals surface area contributed by atoms with Gasteiger partial charge in [0.15, 0.2) is 12.8 Å². The van der Waals surface area contributed by atoms with Gasteiger partial charge in [-0.05, 0) is 46.3 Å². The third kappa shape index (κ3) is 3.54. The van der Waals surface area contributed by atoms with Crippen molar-refractivity contribution in [1.82, 2.24) is 9.78 Å². The fraction of sp³-hybridized carbons (Fsp3) is 0.176. The van der Waals surface area contributed by atoms with Crippen LogP contribution in [0, 0.1) is 11.6 Å². The Balaban J connectivity index is 2.13. The Hall–Kier alpha value is -2.52. The van der Waals surface area contributed by atoms with Gasteiger partial charge in [-0.3, -0.25) is 4.68 Å². The van der Waals surface area contributed by atoms with E-state index in [1.807, 2.05) is 0 Å². The van der Waals surface area contributed by atoms with Gasteiger partial charge in [0, 0.05) is 24.3 Å². The maximum absolute atomic E-state index is 13.8. The van der Waals surface area contributed by atoms with Crippen LogP contribution >= 0.6 is 15.9 Å². The second kappa shape index (κ2) is 7.38. The minimum absolute atomic E-state index is 0.0573. The van der Waals surface area contributed by atoms with Crippen molar-refractivity contribution in [3.05, 3.63) is 58.2 Å². The second-order valence-electron chi connectivity index (χ2n) is 5.41.